The zero-order chi connectivity index (χ0) is 30.0. The summed E-state index contributed by atoms with van der Waals surface area (Å²) < 4.78 is 21.1. The fourth-order valence-corrected chi connectivity index (χ4v) is 3.72. The van der Waals surface area contributed by atoms with E-state index in [2.05, 4.69) is 10.6 Å². The molecule has 0 unspecified atom stereocenters. The minimum absolute atomic E-state index is 0.351. The SMILES string of the molecule is CC(=O)O[C@H]([C@H](OC(C)=O)[C@H](OC(C)=O)C(=O)Nc1ccccc1C)[C@@H](OC(C)=O)C(=O)Nc1ccccc1C. The van der Waals surface area contributed by atoms with Gasteiger partial charge in [0.15, 0.2) is 12.2 Å². The van der Waals surface area contributed by atoms with Gasteiger partial charge in [-0.3, -0.25) is 28.8 Å². The highest BCUT2D eigenvalue weighted by atomic mass is 16.6. The van der Waals surface area contributed by atoms with Gasteiger partial charge >= 0.3 is 23.9 Å². The van der Waals surface area contributed by atoms with E-state index in [-0.39, 0.29) is 0 Å². The Morgan fingerprint density at radius 1 is 0.525 bits per heavy atom. The van der Waals surface area contributed by atoms with Crippen LogP contribution in [0.15, 0.2) is 48.5 Å². The molecule has 0 fully saturated rings. The minimum Gasteiger partial charge on any atom is -0.454 e. The maximum absolute atomic E-state index is 13.4. The smallest absolute Gasteiger partial charge is 0.303 e. The van der Waals surface area contributed by atoms with Crippen molar-refractivity contribution in [3.63, 3.8) is 0 Å². The van der Waals surface area contributed by atoms with Crippen LogP contribution in [-0.4, -0.2) is 60.1 Å². The van der Waals surface area contributed by atoms with E-state index in [0.717, 1.165) is 27.7 Å². The van der Waals surface area contributed by atoms with Crippen LogP contribution in [0.4, 0.5) is 11.4 Å². The van der Waals surface area contributed by atoms with Gasteiger partial charge in [-0.1, -0.05) is 36.4 Å². The second-order valence-electron chi connectivity index (χ2n) is 8.82. The van der Waals surface area contributed by atoms with Crippen molar-refractivity contribution in [3.8, 4) is 0 Å². The molecule has 0 spiro atoms. The molecule has 12 nitrogen and oxygen atoms in total. The topological polar surface area (TPSA) is 163 Å². The summed E-state index contributed by atoms with van der Waals surface area (Å²) in [6.45, 7) is 7.44. The number of benzene rings is 2. The molecule has 0 aliphatic carbocycles. The van der Waals surface area contributed by atoms with Crippen molar-refractivity contribution < 1.29 is 47.7 Å². The highest BCUT2D eigenvalue weighted by molar-refractivity contribution is 5.98. The van der Waals surface area contributed by atoms with Gasteiger partial charge in [-0.25, -0.2) is 0 Å². The summed E-state index contributed by atoms with van der Waals surface area (Å²) in [4.78, 5) is 75.3. The second kappa shape index (κ2) is 14.4. The van der Waals surface area contributed by atoms with Crippen LogP contribution >= 0.6 is 0 Å². The molecule has 0 saturated carbocycles. The quantitative estimate of drug-likeness (QED) is 0.311. The number of carbonyl (C=O) groups is 6. The van der Waals surface area contributed by atoms with Crippen molar-refractivity contribution in [1.82, 2.24) is 0 Å². The zero-order valence-electron chi connectivity index (χ0n) is 23.0. The van der Waals surface area contributed by atoms with Gasteiger partial charge in [0.1, 0.15) is 0 Å². The molecule has 0 aliphatic rings. The molecule has 40 heavy (non-hydrogen) atoms. The first kappa shape index (κ1) is 31.5. The Balaban J connectivity index is 2.62. The predicted octanol–water partition coefficient (Wildman–Crippen LogP) is 2.61. The Morgan fingerprint density at radius 2 is 0.825 bits per heavy atom. The lowest BCUT2D eigenvalue weighted by atomic mass is 9.99. The van der Waals surface area contributed by atoms with Crippen LogP contribution in [0.1, 0.15) is 38.8 Å². The third kappa shape index (κ3) is 9.22. The summed E-state index contributed by atoms with van der Waals surface area (Å²) in [7, 11) is 0. The van der Waals surface area contributed by atoms with Crippen molar-refractivity contribution in [2.75, 3.05) is 10.6 Å². The Kier molecular flexibility index (Phi) is 11.4. The molecule has 2 N–H and O–H groups in total. The maximum atomic E-state index is 13.4. The summed E-state index contributed by atoms with van der Waals surface area (Å²) in [5.41, 5.74) is 2.02. The van der Waals surface area contributed by atoms with Crippen molar-refractivity contribution in [2.24, 2.45) is 0 Å². The van der Waals surface area contributed by atoms with Crippen LogP contribution in [0.3, 0.4) is 0 Å². The number of hydrogen-bond acceptors (Lipinski definition) is 10. The molecule has 12 heteroatoms. The lowest BCUT2D eigenvalue weighted by Gasteiger charge is -2.34. The normalized spacial score (nSPS) is 13.4. The Morgan fingerprint density at radius 3 is 1.10 bits per heavy atom. The van der Waals surface area contributed by atoms with E-state index < -0.39 is 60.1 Å². The van der Waals surface area contributed by atoms with E-state index in [4.69, 9.17) is 18.9 Å². The van der Waals surface area contributed by atoms with Gasteiger partial charge in [0, 0.05) is 39.1 Å². The number of carbonyl (C=O) groups excluding carboxylic acids is 6. The monoisotopic (exact) mass is 556 g/mol. The molecule has 0 saturated heterocycles. The van der Waals surface area contributed by atoms with Crippen LogP contribution in [-0.2, 0) is 47.7 Å². The first-order valence-corrected chi connectivity index (χ1v) is 12.2. The second-order valence-corrected chi connectivity index (χ2v) is 8.82. The molecule has 2 aromatic rings. The molecule has 2 aromatic carbocycles. The summed E-state index contributed by atoms with van der Waals surface area (Å²) in [5.74, 6) is -5.76. The highest BCUT2D eigenvalue weighted by Crippen LogP contribution is 2.24. The summed E-state index contributed by atoms with van der Waals surface area (Å²) in [5, 5.41) is 5.16. The fourth-order valence-electron chi connectivity index (χ4n) is 3.72. The van der Waals surface area contributed by atoms with Gasteiger partial charge < -0.3 is 29.6 Å². The van der Waals surface area contributed by atoms with E-state index in [1.165, 1.54) is 0 Å². The molecule has 0 aliphatic heterocycles. The molecule has 0 heterocycles. The first-order chi connectivity index (χ1) is 18.8. The Labute approximate surface area is 231 Å². The molecule has 0 radical (unpaired) electrons. The average Bonchev–Trinajstić information content (AvgIpc) is 2.85. The number of amides is 2. The molecule has 0 aromatic heterocycles. The maximum Gasteiger partial charge on any atom is 0.303 e. The number of esters is 4. The predicted molar refractivity (Wildman–Crippen MR) is 142 cm³/mol. The lowest BCUT2D eigenvalue weighted by Crippen LogP contribution is -2.57. The molecule has 2 rings (SSSR count). The summed E-state index contributed by atoms with van der Waals surface area (Å²) in [6, 6.07) is 13.4. The minimum atomic E-state index is -1.94. The van der Waals surface area contributed by atoms with Crippen LogP contribution in [0.2, 0.25) is 0 Å². The number of anilines is 2. The van der Waals surface area contributed by atoms with Gasteiger partial charge in [-0.2, -0.15) is 0 Å². The molecule has 2 amide bonds. The van der Waals surface area contributed by atoms with E-state index in [1.54, 1.807) is 62.4 Å². The van der Waals surface area contributed by atoms with Crippen LogP contribution in [0.25, 0.3) is 0 Å². The number of hydrogen-bond donors (Lipinski definition) is 2. The van der Waals surface area contributed by atoms with Gasteiger partial charge in [-0.05, 0) is 37.1 Å². The Hall–Kier alpha value is -4.74. The standard InChI is InChI=1S/C28H32N2O10/c1-15-11-7-9-13-21(15)29-27(35)25(39-19(5)33)23(37-17(3)31)24(38-18(4)32)26(40-20(6)34)28(36)30-22-14-10-8-12-16(22)2/h7-14,23-26H,1-6H3,(H,29,35)(H,30,36)/t23-,24+,25-,26+. The number of para-hydroxylation sites is 2. The molecule has 4 atom stereocenters. The van der Waals surface area contributed by atoms with Crippen molar-refractivity contribution in [1.29, 1.82) is 0 Å². The number of aryl methyl sites for hydroxylation is 2. The van der Waals surface area contributed by atoms with Crippen LogP contribution in [0.5, 0.6) is 0 Å². The van der Waals surface area contributed by atoms with E-state index in [0.29, 0.717) is 22.5 Å². The highest BCUT2D eigenvalue weighted by Gasteiger charge is 2.49. The lowest BCUT2D eigenvalue weighted by molar-refractivity contribution is -0.198. The zero-order valence-corrected chi connectivity index (χ0v) is 23.0. The van der Waals surface area contributed by atoms with Gasteiger partial charge in [0.25, 0.3) is 11.8 Å². The largest absolute Gasteiger partial charge is 0.454 e. The van der Waals surface area contributed by atoms with Gasteiger partial charge in [0.05, 0.1) is 0 Å². The third-order valence-electron chi connectivity index (χ3n) is 5.43. The van der Waals surface area contributed by atoms with E-state index in [9.17, 15) is 28.8 Å². The van der Waals surface area contributed by atoms with E-state index >= 15 is 0 Å². The molecule has 214 valence electrons. The van der Waals surface area contributed by atoms with Crippen molar-refractivity contribution in [2.45, 2.75) is 66.0 Å². The van der Waals surface area contributed by atoms with E-state index in [1.807, 2.05) is 0 Å². The molecular weight excluding hydrogens is 524 g/mol. The molecular formula is C28H32N2O10. The number of nitrogens with one attached hydrogen (secondary N) is 2. The average molecular weight is 557 g/mol. The number of rotatable bonds is 11. The summed E-state index contributed by atoms with van der Waals surface area (Å²) >= 11 is 0. The van der Waals surface area contributed by atoms with Gasteiger partial charge in [-0.15, -0.1) is 0 Å². The Bertz CT molecular complexity index is 1180. The van der Waals surface area contributed by atoms with Crippen molar-refractivity contribution >= 4 is 47.1 Å². The van der Waals surface area contributed by atoms with Crippen LogP contribution in [0, 0.1) is 13.8 Å². The first-order valence-electron chi connectivity index (χ1n) is 12.2. The fraction of sp³-hybridized carbons (Fsp3) is 0.357. The van der Waals surface area contributed by atoms with Crippen LogP contribution < -0.4 is 10.6 Å². The summed E-state index contributed by atoms with van der Waals surface area (Å²) in [6.07, 6.45) is -7.70. The van der Waals surface area contributed by atoms with Crippen molar-refractivity contribution in [3.05, 3.63) is 59.7 Å². The molecule has 0 bridgehead atoms. The number of ether oxygens (including phenoxy) is 4. The van der Waals surface area contributed by atoms with Gasteiger partial charge in [0.2, 0.25) is 12.2 Å². The third-order valence-corrected chi connectivity index (χ3v) is 5.43.